The van der Waals surface area contributed by atoms with Gasteiger partial charge in [-0.05, 0) is 18.5 Å². The lowest BCUT2D eigenvalue weighted by Crippen LogP contribution is -2.68. The van der Waals surface area contributed by atoms with Crippen LogP contribution in [0.25, 0.3) is 0 Å². The highest BCUT2D eigenvalue weighted by Crippen LogP contribution is 2.33. The summed E-state index contributed by atoms with van der Waals surface area (Å²) >= 11 is 0. The van der Waals surface area contributed by atoms with Gasteiger partial charge in [0.25, 0.3) is 0 Å². The Kier molecular flexibility index (Phi) is 20.7. The molecule has 34 heavy (non-hydrogen) atoms. The molecule has 0 fully saturated rings. The van der Waals surface area contributed by atoms with Crippen LogP contribution in [-0.4, -0.2) is 115 Å². The molecule has 0 rings (SSSR count). The second-order valence-electron chi connectivity index (χ2n) is 7.18. The highest BCUT2D eigenvalue weighted by molar-refractivity contribution is 6.66. The van der Waals surface area contributed by atoms with Crippen molar-refractivity contribution in [2.75, 3.05) is 19.8 Å². The number of carbonyl (C=O) groups is 1. The number of ether oxygens (including phenoxy) is 1. The first kappa shape index (κ1) is 34.4. The lowest BCUT2D eigenvalue weighted by molar-refractivity contribution is -0.238. The van der Waals surface area contributed by atoms with Gasteiger partial charge in [-0.2, -0.15) is 0 Å². The smallest absolute Gasteiger partial charge is 0.246 e. The maximum Gasteiger partial charge on any atom is 0.246 e. The number of carbonyl (C=O) groups excluding carboxylic acids is 1. The first-order valence-electron chi connectivity index (χ1n) is 12.3. The van der Waals surface area contributed by atoms with E-state index in [1.54, 1.807) is 0 Å². The number of amides is 1. The van der Waals surface area contributed by atoms with Crippen molar-refractivity contribution in [3.8, 4) is 0 Å². The number of hydrogen-bond acceptors (Lipinski definition) is 9. The summed E-state index contributed by atoms with van der Waals surface area (Å²) in [6.45, 7) is 16.6. The lowest BCUT2D eigenvalue weighted by Gasteiger charge is -2.48. The fraction of sp³-hybridized carbons (Fsp3) is 0.824. The summed E-state index contributed by atoms with van der Waals surface area (Å²) in [6.07, 6.45) is 1.10. The normalized spacial score (nSPS) is 19.0. The summed E-state index contributed by atoms with van der Waals surface area (Å²) in [5.74, 6) is -0.322. The fourth-order valence-electron chi connectivity index (χ4n) is 3.59. The molecule has 0 spiro atoms. The molecule has 202 valence electrons. The lowest BCUT2D eigenvalue weighted by atomic mass is 10.3. The quantitative estimate of drug-likeness (QED) is 0.0532. The van der Waals surface area contributed by atoms with Crippen LogP contribution < -0.4 is 5.32 Å². The van der Waals surface area contributed by atoms with E-state index in [9.17, 15) is 9.90 Å². The summed E-state index contributed by atoms with van der Waals surface area (Å²) in [5, 5.41) is 12.6. The predicted octanol–water partition coefficient (Wildman–Crippen LogP) is -3.44. The van der Waals surface area contributed by atoms with Crippen molar-refractivity contribution >= 4 is 73.3 Å². The molecule has 1 unspecified atom stereocenters. The number of aliphatic hydroxyl groups is 1. The van der Waals surface area contributed by atoms with E-state index in [0.717, 1.165) is 6.04 Å². The number of rotatable bonds is 23. The van der Waals surface area contributed by atoms with Gasteiger partial charge in [-0.25, -0.2) is 0 Å². The number of hydrogen-bond donors (Lipinski definition) is 2. The molecule has 0 radical (unpaired) electrons. The third-order valence-corrected chi connectivity index (χ3v) is 14.6. The van der Waals surface area contributed by atoms with Gasteiger partial charge in [0.2, 0.25) is 25.9 Å². The molecule has 0 aromatic carbocycles. The van der Waals surface area contributed by atoms with Crippen molar-refractivity contribution in [2.24, 2.45) is 0 Å². The largest absolute Gasteiger partial charge is 0.389 e. The average molecular weight is 606 g/mol. The molecular formula is C17H47NO9Si7. The van der Waals surface area contributed by atoms with Gasteiger partial charge in [0.05, 0.1) is 12.7 Å². The number of nitrogens with one attached hydrogen (secondary N) is 1. The van der Waals surface area contributed by atoms with E-state index >= 15 is 0 Å². The molecule has 0 bridgehead atoms. The van der Waals surface area contributed by atoms with Crippen LogP contribution in [0.4, 0.5) is 0 Å². The minimum Gasteiger partial charge on any atom is -0.389 e. The molecule has 0 saturated carbocycles. The molecule has 0 aliphatic heterocycles. The third kappa shape index (κ3) is 12.1. The highest BCUT2D eigenvalue weighted by Gasteiger charge is 2.56. The summed E-state index contributed by atoms with van der Waals surface area (Å²) in [6, 6.07) is 0.734. The van der Waals surface area contributed by atoms with E-state index in [4.69, 9.17) is 31.3 Å². The van der Waals surface area contributed by atoms with Crippen molar-refractivity contribution in [1.82, 2.24) is 5.32 Å². The predicted molar refractivity (Wildman–Crippen MR) is 155 cm³/mol. The zero-order valence-corrected chi connectivity index (χ0v) is 31.6. The van der Waals surface area contributed by atoms with Gasteiger partial charge in [-0.1, -0.05) is 45.9 Å². The van der Waals surface area contributed by atoms with Crippen molar-refractivity contribution in [3.63, 3.8) is 0 Å². The van der Waals surface area contributed by atoms with E-state index in [-0.39, 0.29) is 19.1 Å². The molecule has 1 amide bonds. The molecule has 0 aliphatic rings. The molecule has 0 aliphatic carbocycles. The zero-order valence-electron chi connectivity index (χ0n) is 21.9. The fourth-order valence-corrected chi connectivity index (χ4v) is 17.5. The molecular weight excluding hydrogens is 559 g/mol. The van der Waals surface area contributed by atoms with Gasteiger partial charge in [0.1, 0.15) is 0 Å². The van der Waals surface area contributed by atoms with Gasteiger partial charge in [-0.15, -0.1) is 0 Å². The van der Waals surface area contributed by atoms with E-state index in [0.29, 0.717) is 13.0 Å². The standard InChI is InChI=1S/C17H47NO9Si7/c1-8-15(20)18-12-14(19)13-21-10-9-11-34(16(22-28-2,23-29-3)24-30-4)17(25-31-5,26-32-6)27-33-7/h8,14,19,34H,1,9-13,28-33H2,2-7H3,(H,18,20). The Morgan fingerprint density at radius 3 is 1.68 bits per heavy atom. The Labute approximate surface area is 220 Å². The molecule has 0 aromatic rings. The van der Waals surface area contributed by atoms with Crippen LogP contribution in [-0.2, 0) is 36.1 Å². The van der Waals surface area contributed by atoms with Crippen LogP contribution in [0.15, 0.2) is 12.7 Å². The average Bonchev–Trinajstić information content (AvgIpc) is 2.80. The van der Waals surface area contributed by atoms with E-state index in [2.05, 4.69) is 51.2 Å². The Bertz CT molecular complexity index is 493. The topological polar surface area (TPSA) is 114 Å². The summed E-state index contributed by atoms with van der Waals surface area (Å²) < 4.78 is 44.0. The number of aliphatic hydroxyl groups excluding tert-OH is 1. The van der Waals surface area contributed by atoms with Crippen LogP contribution in [0.3, 0.4) is 0 Å². The molecule has 2 N–H and O–H groups in total. The second kappa shape index (κ2) is 20.5. The van der Waals surface area contributed by atoms with Crippen LogP contribution in [0.1, 0.15) is 6.42 Å². The summed E-state index contributed by atoms with van der Waals surface area (Å²) in [5.41, 5.74) is -2.12. The van der Waals surface area contributed by atoms with Crippen LogP contribution in [0.5, 0.6) is 0 Å². The molecule has 17 heteroatoms. The van der Waals surface area contributed by atoms with Crippen molar-refractivity contribution < 1.29 is 41.2 Å². The SMILES string of the molecule is C=CC(=O)NCC(O)COCCC[SiH](C(O[SiH2]C)(O[SiH2]C)O[SiH2]C)C(O[SiH2]C)(O[SiH2]C)O[SiH2]C. The van der Waals surface area contributed by atoms with Crippen molar-refractivity contribution in [1.29, 1.82) is 0 Å². The van der Waals surface area contributed by atoms with Crippen molar-refractivity contribution in [3.05, 3.63) is 12.7 Å². The van der Waals surface area contributed by atoms with E-state index in [1.165, 1.54) is 6.08 Å². The monoisotopic (exact) mass is 605 g/mol. The Morgan fingerprint density at radius 2 is 1.32 bits per heavy atom. The molecule has 0 saturated heterocycles. The van der Waals surface area contributed by atoms with Gasteiger partial charge >= 0.3 is 0 Å². The Morgan fingerprint density at radius 1 is 0.912 bits per heavy atom. The first-order valence-corrected chi connectivity index (χ1v) is 26.3. The first-order chi connectivity index (χ1) is 16.3. The van der Waals surface area contributed by atoms with E-state index < -0.39 is 84.7 Å². The maximum atomic E-state index is 11.2. The van der Waals surface area contributed by atoms with Gasteiger partial charge in [0.15, 0.2) is 58.6 Å². The van der Waals surface area contributed by atoms with Crippen molar-refractivity contribution in [2.45, 2.75) is 69.0 Å². The molecule has 10 nitrogen and oxygen atoms in total. The van der Waals surface area contributed by atoms with Gasteiger partial charge in [0, 0.05) is 13.2 Å². The highest BCUT2D eigenvalue weighted by atomic mass is 28.3. The van der Waals surface area contributed by atoms with Gasteiger partial charge in [-0.3, -0.25) is 4.79 Å². The zero-order chi connectivity index (χ0) is 25.9. The van der Waals surface area contributed by atoms with Gasteiger partial charge < -0.3 is 41.7 Å². The summed E-state index contributed by atoms with van der Waals surface area (Å²) in [7, 11) is -7.32. The minimum atomic E-state index is -2.28. The minimum absolute atomic E-state index is 0.117. The third-order valence-electron chi connectivity index (χ3n) is 4.72. The molecule has 1 atom stereocenters. The summed E-state index contributed by atoms with van der Waals surface area (Å²) in [4.78, 5) is 11.2. The Balaban J connectivity index is 5.59. The molecule has 0 heterocycles. The van der Waals surface area contributed by atoms with E-state index in [1.807, 2.05) is 0 Å². The molecule has 0 aromatic heterocycles. The van der Waals surface area contributed by atoms with Crippen LogP contribution in [0, 0.1) is 0 Å². The Hall–Kier alpha value is 0.408. The maximum absolute atomic E-state index is 11.2. The van der Waals surface area contributed by atoms with Crippen LogP contribution in [0.2, 0.25) is 45.3 Å². The van der Waals surface area contributed by atoms with Crippen LogP contribution >= 0.6 is 0 Å². The second-order valence-corrected chi connectivity index (χ2v) is 15.5.